The minimum Gasteiger partial charge on any atom is -0.497 e. The van der Waals surface area contributed by atoms with Gasteiger partial charge in [0.05, 0.1) is 18.6 Å². The Hall–Kier alpha value is -2.87. The lowest BCUT2D eigenvalue weighted by molar-refractivity contribution is -0.145. The summed E-state index contributed by atoms with van der Waals surface area (Å²) in [5.74, 6) is 0.0597. The van der Waals surface area contributed by atoms with Gasteiger partial charge in [-0.15, -0.1) is 0 Å². The highest BCUT2D eigenvalue weighted by molar-refractivity contribution is 7.89. The number of esters is 1. The third kappa shape index (κ3) is 3.73. The van der Waals surface area contributed by atoms with E-state index in [0.717, 1.165) is 9.87 Å². The van der Waals surface area contributed by atoms with Gasteiger partial charge in [-0.05, 0) is 43.7 Å². The summed E-state index contributed by atoms with van der Waals surface area (Å²) in [6, 6.07) is 11.6. The summed E-state index contributed by atoms with van der Waals surface area (Å²) >= 11 is 0. The molecule has 2 atom stereocenters. The summed E-state index contributed by atoms with van der Waals surface area (Å²) in [5.41, 5.74) is 1.57. The number of nitrogens with zero attached hydrogens (tertiary/aromatic N) is 2. The van der Waals surface area contributed by atoms with Gasteiger partial charge in [-0.25, -0.2) is 17.5 Å². The van der Waals surface area contributed by atoms with Gasteiger partial charge in [0.25, 0.3) is 10.0 Å². The average molecular weight is 402 g/mol. The third-order valence-corrected chi connectivity index (χ3v) is 6.24. The van der Waals surface area contributed by atoms with Crippen molar-refractivity contribution in [2.45, 2.75) is 30.8 Å². The van der Waals surface area contributed by atoms with E-state index in [2.05, 4.69) is 4.99 Å². The van der Waals surface area contributed by atoms with Crippen LogP contribution in [-0.4, -0.2) is 44.8 Å². The van der Waals surface area contributed by atoms with Crippen LogP contribution in [0.1, 0.15) is 24.1 Å². The van der Waals surface area contributed by atoms with E-state index in [4.69, 9.17) is 9.47 Å². The number of methoxy groups -OCH3 is 1. The molecule has 28 heavy (non-hydrogen) atoms. The first-order valence-electron chi connectivity index (χ1n) is 8.82. The summed E-state index contributed by atoms with van der Waals surface area (Å²) in [6.07, 6.45) is 1.20. The van der Waals surface area contributed by atoms with E-state index < -0.39 is 28.1 Å². The Kier molecular flexibility index (Phi) is 5.69. The molecule has 0 aliphatic carbocycles. The van der Waals surface area contributed by atoms with Gasteiger partial charge in [-0.3, -0.25) is 4.99 Å². The lowest BCUT2D eigenvalue weighted by Crippen LogP contribution is -2.37. The highest BCUT2D eigenvalue weighted by Gasteiger charge is 2.43. The predicted molar refractivity (Wildman–Crippen MR) is 105 cm³/mol. The molecule has 1 aliphatic rings. The summed E-state index contributed by atoms with van der Waals surface area (Å²) in [6.45, 7) is 3.76. The van der Waals surface area contributed by atoms with Gasteiger partial charge in [0.2, 0.25) is 0 Å². The number of carbonyl (C=O) groups is 1. The summed E-state index contributed by atoms with van der Waals surface area (Å²) in [5, 5.41) is 0. The molecule has 1 aliphatic heterocycles. The topological polar surface area (TPSA) is 85.3 Å². The molecular weight excluding hydrogens is 380 g/mol. The summed E-state index contributed by atoms with van der Waals surface area (Å²) in [7, 11) is -2.36. The molecule has 2 aromatic rings. The Morgan fingerprint density at radius 1 is 1.11 bits per heavy atom. The second-order valence-corrected chi connectivity index (χ2v) is 8.17. The number of sulfonamides is 1. The average Bonchev–Trinajstić information content (AvgIpc) is 3.15. The van der Waals surface area contributed by atoms with Crippen LogP contribution in [0.3, 0.4) is 0 Å². The second-order valence-electron chi connectivity index (χ2n) is 6.33. The van der Waals surface area contributed by atoms with E-state index in [1.165, 1.54) is 6.34 Å². The molecule has 0 radical (unpaired) electrons. The van der Waals surface area contributed by atoms with Gasteiger partial charge in [0.15, 0.2) is 6.04 Å². The van der Waals surface area contributed by atoms with E-state index in [9.17, 15) is 13.2 Å². The van der Waals surface area contributed by atoms with Crippen LogP contribution in [0.4, 0.5) is 0 Å². The molecule has 0 saturated heterocycles. The Bertz CT molecular complexity index is 969. The van der Waals surface area contributed by atoms with Gasteiger partial charge >= 0.3 is 5.97 Å². The monoisotopic (exact) mass is 402 g/mol. The fraction of sp³-hybridized carbons (Fsp3) is 0.300. The first-order chi connectivity index (χ1) is 13.4. The van der Waals surface area contributed by atoms with Crippen LogP contribution < -0.4 is 4.74 Å². The Morgan fingerprint density at radius 3 is 2.32 bits per heavy atom. The molecule has 0 N–H and O–H groups in total. The zero-order chi connectivity index (χ0) is 20.3. The molecule has 3 rings (SSSR count). The van der Waals surface area contributed by atoms with Crippen LogP contribution in [-0.2, 0) is 19.6 Å². The fourth-order valence-corrected chi connectivity index (χ4v) is 4.46. The molecule has 0 amide bonds. The highest BCUT2D eigenvalue weighted by Crippen LogP contribution is 2.35. The van der Waals surface area contributed by atoms with E-state index in [-0.39, 0.29) is 11.5 Å². The lowest BCUT2D eigenvalue weighted by Gasteiger charge is -2.27. The minimum atomic E-state index is -3.90. The normalized spacial score (nSPS) is 18.9. The predicted octanol–water partition coefficient (Wildman–Crippen LogP) is 2.71. The number of rotatable bonds is 6. The van der Waals surface area contributed by atoms with Crippen LogP contribution in [0.25, 0.3) is 0 Å². The standard InChI is InChI=1S/C20H22N2O5S/c1-4-27-20(23)18-19(15-7-9-16(26-3)10-8-15)22(13-21-18)28(24,25)17-11-5-14(2)6-12-17/h5-13,18-19H,4H2,1-3H3/t18-,19-/m1/s1. The molecule has 1 heterocycles. The van der Waals surface area contributed by atoms with E-state index in [1.807, 2.05) is 6.92 Å². The highest BCUT2D eigenvalue weighted by atomic mass is 32.2. The molecule has 8 heteroatoms. The largest absolute Gasteiger partial charge is 0.497 e. The molecule has 0 unspecified atom stereocenters. The fourth-order valence-electron chi connectivity index (χ4n) is 3.02. The van der Waals surface area contributed by atoms with Crippen LogP contribution in [0, 0.1) is 6.92 Å². The number of hydrogen-bond donors (Lipinski definition) is 0. The van der Waals surface area contributed by atoms with Crippen molar-refractivity contribution < 1.29 is 22.7 Å². The van der Waals surface area contributed by atoms with Crippen molar-refractivity contribution in [2.24, 2.45) is 4.99 Å². The first kappa shape index (κ1) is 19.9. The number of carbonyl (C=O) groups excluding carboxylic acids is 1. The van der Waals surface area contributed by atoms with Crippen molar-refractivity contribution >= 4 is 22.3 Å². The van der Waals surface area contributed by atoms with Crippen molar-refractivity contribution in [2.75, 3.05) is 13.7 Å². The van der Waals surface area contributed by atoms with Crippen LogP contribution >= 0.6 is 0 Å². The summed E-state index contributed by atoms with van der Waals surface area (Å²) < 4.78 is 37.9. The second kappa shape index (κ2) is 8.02. The van der Waals surface area contributed by atoms with E-state index in [0.29, 0.717) is 11.3 Å². The van der Waals surface area contributed by atoms with Gasteiger partial charge < -0.3 is 9.47 Å². The van der Waals surface area contributed by atoms with E-state index in [1.54, 1.807) is 62.6 Å². The maximum absolute atomic E-state index is 13.2. The van der Waals surface area contributed by atoms with E-state index >= 15 is 0 Å². The van der Waals surface area contributed by atoms with Gasteiger partial charge in [-0.2, -0.15) is 0 Å². The number of aliphatic imine (C=N–C) groups is 1. The van der Waals surface area contributed by atoms with Crippen molar-refractivity contribution in [3.8, 4) is 5.75 Å². The number of aryl methyl sites for hydroxylation is 1. The molecule has 2 aromatic carbocycles. The maximum atomic E-state index is 13.2. The lowest BCUT2D eigenvalue weighted by atomic mass is 10.0. The van der Waals surface area contributed by atoms with Crippen LogP contribution in [0.2, 0.25) is 0 Å². The minimum absolute atomic E-state index is 0.132. The number of hydrogen-bond acceptors (Lipinski definition) is 6. The van der Waals surface area contributed by atoms with Crippen LogP contribution in [0.5, 0.6) is 5.75 Å². The molecule has 7 nitrogen and oxygen atoms in total. The van der Waals surface area contributed by atoms with Crippen molar-refractivity contribution in [1.82, 2.24) is 4.31 Å². The zero-order valence-electron chi connectivity index (χ0n) is 15.9. The molecule has 0 fully saturated rings. The molecule has 0 aromatic heterocycles. The van der Waals surface area contributed by atoms with Gasteiger partial charge in [0.1, 0.15) is 18.1 Å². The smallest absolute Gasteiger partial charge is 0.333 e. The van der Waals surface area contributed by atoms with Gasteiger partial charge in [-0.1, -0.05) is 29.8 Å². The molecule has 148 valence electrons. The van der Waals surface area contributed by atoms with Crippen molar-refractivity contribution in [1.29, 1.82) is 0 Å². The van der Waals surface area contributed by atoms with Crippen molar-refractivity contribution in [3.05, 3.63) is 59.7 Å². The summed E-state index contributed by atoms with van der Waals surface area (Å²) in [4.78, 5) is 16.7. The molecule has 0 saturated carbocycles. The Labute approximate surface area is 164 Å². The Morgan fingerprint density at radius 2 is 1.75 bits per heavy atom. The Balaban J connectivity index is 2.04. The third-order valence-electron chi connectivity index (χ3n) is 4.50. The maximum Gasteiger partial charge on any atom is 0.333 e. The molecule has 0 spiro atoms. The van der Waals surface area contributed by atoms with Gasteiger partial charge in [0, 0.05) is 0 Å². The number of ether oxygens (including phenoxy) is 2. The SMILES string of the molecule is CCOC(=O)[C@@H]1N=CN(S(=O)(=O)c2ccc(C)cc2)[C@@H]1c1ccc(OC)cc1. The van der Waals surface area contributed by atoms with Crippen molar-refractivity contribution in [3.63, 3.8) is 0 Å². The molecule has 0 bridgehead atoms. The number of benzene rings is 2. The van der Waals surface area contributed by atoms with Crippen LogP contribution in [0.15, 0.2) is 58.4 Å². The zero-order valence-corrected chi connectivity index (χ0v) is 16.7. The molecular formula is C20H22N2O5S. The quantitative estimate of drug-likeness (QED) is 0.694. The first-order valence-corrected chi connectivity index (χ1v) is 10.3.